The third-order valence-corrected chi connectivity index (χ3v) is 4.24. The molecule has 0 aliphatic carbocycles. The first-order chi connectivity index (χ1) is 12.1. The number of carbonyl (C=O) groups excluding carboxylic acids is 1. The number of amides is 1. The van der Waals surface area contributed by atoms with Gasteiger partial charge in [0.1, 0.15) is 5.82 Å². The standard InChI is InChI=1S/C19H17ClFN3O/c1-2-13-6-8-14(9-7-13)19(25)22-18-10-11-24(23-18)12-15-16(20)4-3-5-17(15)21/h3-11H,2,12H2,1H3,(H,22,23,25). The number of hydrogen-bond acceptors (Lipinski definition) is 2. The second kappa shape index (κ2) is 7.49. The van der Waals surface area contributed by atoms with Crippen molar-refractivity contribution in [2.24, 2.45) is 0 Å². The highest BCUT2D eigenvalue weighted by molar-refractivity contribution is 6.31. The van der Waals surface area contributed by atoms with Gasteiger partial charge < -0.3 is 5.32 Å². The first-order valence-corrected chi connectivity index (χ1v) is 8.31. The zero-order valence-corrected chi connectivity index (χ0v) is 14.4. The van der Waals surface area contributed by atoms with Crippen LogP contribution in [0, 0.1) is 5.82 Å². The molecule has 0 aliphatic heterocycles. The maximum absolute atomic E-state index is 13.8. The maximum atomic E-state index is 13.8. The summed E-state index contributed by atoms with van der Waals surface area (Å²) in [7, 11) is 0. The summed E-state index contributed by atoms with van der Waals surface area (Å²) in [6.45, 7) is 2.25. The van der Waals surface area contributed by atoms with Crippen LogP contribution in [0.25, 0.3) is 0 Å². The molecule has 1 amide bonds. The molecule has 2 aromatic carbocycles. The summed E-state index contributed by atoms with van der Waals surface area (Å²) in [5.74, 6) is -0.224. The van der Waals surface area contributed by atoms with Crippen LogP contribution < -0.4 is 5.32 Å². The lowest BCUT2D eigenvalue weighted by Crippen LogP contribution is -2.13. The molecule has 0 spiro atoms. The molecule has 25 heavy (non-hydrogen) atoms. The van der Waals surface area contributed by atoms with E-state index in [1.165, 1.54) is 16.3 Å². The number of carbonyl (C=O) groups is 1. The molecule has 1 aromatic heterocycles. The Morgan fingerprint density at radius 1 is 1.20 bits per heavy atom. The van der Waals surface area contributed by atoms with Gasteiger partial charge in [-0.2, -0.15) is 5.10 Å². The number of hydrogen-bond donors (Lipinski definition) is 1. The van der Waals surface area contributed by atoms with Crippen LogP contribution in [-0.4, -0.2) is 15.7 Å². The van der Waals surface area contributed by atoms with Gasteiger partial charge in [0.15, 0.2) is 5.82 Å². The number of aromatic nitrogens is 2. The molecule has 0 atom stereocenters. The molecule has 0 saturated carbocycles. The fourth-order valence-corrected chi connectivity index (χ4v) is 2.66. The number of halogens is 2. The van der Waals surface area contributed by atoms with Crippen molar-refractivity contribution in [1.82, 2.24) is 9.78 Å². The molecule has 0 aliphatic rings. The Balaban J connectivity index is 1.70. The average Bonchev–Trinajstić information content (AvgIpc) is 3.05. The van der Waals surface area contributed by atoms with E-state index in [0.717, 1.165) is 6.42 Å². The van der Waals surface area contributed by atoms with E-state index in [1.807, 2.05) is 12.1 Å². The van der Waals surface area contributed by atoms with Gasteiger partial charge in [-0.1, -0.05) is 36.7 Å². The molecule has 1 heterocycles. The van der Waals surface area contributed by atoms with Crippen molar-refractivity contribution in [3.63, 3.8) is 0 Å². The third kappa shape index (κ3) is 4.06. The summed E-state index contributed by atoms with van der Waals surface area (Å²) in [6, 6.07) is 13.6. The normalized spacial score (nSPS) is 10.7. The summed E-state index contributed by atoms with van der Waals surface area (Å²) in [6.07, 6.45) is 2.59. The molecule has 0 bridgehead atoms. The van der Waals surface area contributed by atoms with Crippen molar-refractivity contribution < 1.29 is 9.18 Å². The molecule has 3 rings (SSSR count). The lowest BCUT2D eigenvalue weighted by atomic mass is 10.1. The number of anilines is 1. The Bertz CT molecular complexity index is 870. The number of aryl methyl sites for hydroxylation is 1. The van der Waals surface area contributed by atoms with Crippen LogP contribution in [0.5, 0.6) is 0 Å². The SMILES string of the molecule is CCc1ccc(C(=O)Nc2ccn(Cc3c(F)cccc3Cl)n2)cc1. The first-order valence-electron chi connectivity index (χ1n) is 7.93. The predicted molar refractivity (Wildman–Crippen MR) is 96.5 cm³/mol. The van der Waals surface area contributed by atoms with Crippen LogP contribution >= 0.6 is 11.6 Å². The summed E-state index contributed by atoms with van der Waals surface area (Å²) >= 11 is 6.02. The highest BCUT2D eigenvalue weighted by Gasteiger charge is 2.11. The van der Waals surface area contributed by atoms with Crippen molar-refractivity contribution in [2.75, 3.05) is 5.32 Å². The number of nitrogens with one attached hydrogen (secondary N) is 1. The van der Waals surface area contributed by atoms with Gasteiger partial charge in [-0.05, 0) is 36.2 Å². The Labute approximate surface area is 150 Å². The summed E-state index contributed by atoms with van der Waals surface area (Å²) in [4.78, 5) is 12.2. The molecule has 0 fully saturated rings. The molecular formula is C19H17ClFN3O. The van der Waals surface area contributed by atoms with Gasteiger partial charge in [0.25, 0.3) is 5.91 Å². The molecule has 3 aromatic rings. The van der Waals surface area contributed by atoms with E-state index in [0.29, 0.717) is 22.0 Å². The van der Waals surface area contributed by atoms with Gasteiger partial charge in [0.2, 0.25) is 0 Å². The molecule has 128 valence electrons. The van der Waals surface area contributed by atoms with Crippen molar-refractivity contribution in [3.05, 3.63) is 82.3 Å². The minimum Gasteiger partial charge on any atom is -0.305 e. The fourth-order valence-electron chi connectivity index (χ4n) is 2.44. The number of nitrogens with zero attached hydrogens (tertiary/aromatic N) is 2. The van der Waals surface area contributed by atoms with Crippen LogP contribution in [0.15, 0.2) is 54.7 Å². The highest BCUT2D eigenvalue weighted by Crippen LogP contribution is 2.20. The molecule has 0 saturated heterocycles. The van der Waals surface area contributed by atoms with E-state index in [1.54, 1.807) is 36.5 Å². The van der Waals surface area contributed by atoms with Crippen LogP contribution in [-0.2, 0) is 13.0 Å². The Morgan fingerprint density at radius 2 is 1.96 bits per heavy atom. The topological polar surface area (TPSA) is 46.9 Å². The van der Waals surface area contributed by atoms with Crippen LogP contribution in [0.3, 0.4) is 0 Å². The summed E-state index contributed by atoms with van der Waals surface area (Å²) in [5.41, 5.74) is 2.09. The van der Waals surface area contributed by atoms with E-state index in [9.17, 15) is 9.18 Å². The Morgan fingerprint density at radius 3 is 2.64 bits per heavy atom. The van der Waals surface area contributed by atoms with E-state index < -0.39 is 0 Å². The molecule has 4 nitrogen and oxygen atoms in total. The smallest absolute Gasteiger partial charge is 0.256 e. The summed E-state index contributed by atoms with van der Waals surface area (Å²) < 4.78 is 15.4. The zero-order chi connectivity index (χ0) is 17.8. The average molecular weight is 358 g/mol. The Kier molecular flexibility index (Phi) is 5.14. The van der Waals surface area contributed by atoms with Crippen molar-refractivity contribution in [3.8, 4) is 0 Å². The van der Waals surface area contributed by atoms with E-state index >= 15 is 0 Å². The van der Waals surface area contributed by atoms with E-state index in [-0.39, 0.29) is 18.3 Å². The molecule has 0 unspecified atom stereocenters. The zero-order valence-electron chi connectivity index (χ0n) is 13.7. The maximum Gasteiger partial charge on any atom is 0.256 e. The van der Waals surface area contributed by atoms with Crippen LogP contribution in [0.2, 0.25) is 5.02 Å². The number of benzene rings is 2. The summed E-state index contributed by atoms with van der Waals surface area (Å²) in [5, 5.41) is 7.32. The van der Waals surface area contributed by atoms with Gasteiger partial charge in [-0.15, -0.1) is 0 Å². The van der Waals surface area contributed by atoms with E-state index in [2.05, 4.69) is 17.3 Å². The van der Waals surface area contributed by atoms with Crippen LogP contribution in [0.4, 0.5) is 10.2 Å². The Hall–Kier alpha value is -2.66. The number of rotatable bonds is 5. The third-order valence-electron chi connectivity index (χ3n) is 3.89. The van der Waals surface area contributed by atoms with Crippen molar-refractivity contribution in [1.29, 1.82) is 0 Å². The van der Waals surface area contributed by atoms with Gasteiger partial charge in [0.05, 0.1) is 6.54 Å². The molecule has 1 N–H and O–H groups in total. The van der Waals surface area contributed by atoms with Crippen molar-refractivity contribution in [2.45, 2.75) is 19.9 Å². The fraction of sp³-hybridized carbons (Fsp3) is 0.158. The lowest BCUT2D eigenvalue weighted by Gasteiger charge is -2.06. The van der Waals surface area contributed by atoms with Crippen molar-refractivity contribution >= 4 is 23.3 Å². The van der Waals surface area contributed by atoms with Gasteiger partial charge in [0, 0.05) is 28.4 Å². The minimum absolute atomic E-state index is 0.187. The quantitative estimate of drug-likeness (QED) is 0.728. The van der Waals surface area contributed by atoms with Gasteiger partial charge in [-0.25, -0.2) is 4.39 Å². The first kappa shape index (κ1) is 17.2. The minimum atomic E-state index is -0.385. The molecule has 0 radical (unpaired) electrons. The molecular weight excluding hydrogens is 341 g/mol. The lowest BCUT2D eigenvalue weighted by molar-refractivity contribution is 0.102. The highest BCUT2D eigenvalue weighted by atomic mass is 35.5. The molecule has 6 heteroatoms. The van der Waals surface area contributed by atoms with Gasteiger partial charge >= 0.3 is 0 Å². The second-order valence-corrected chi connectivity index (χ2v) is 6.01. The second-order valence-electron chi connectivity index (χ2n) is 5.60. The predicted octanol–water partition coefficient (Wildman–Crippen LogP) is 4.54. The van der Waals surface area contributed by atoms with Crippen LogP contribution in [0.1, 0.15) is 28.4 Å². The monoisotopic (exact) mass is 357 g/mol. The van der Waals surface area contributed by atoms with Gasteiger partial charge in [-0.3, -0.25) is 9.48 Å². The van der Waals surface area contributed by atoms with E-state index in [4.69, 9.17) is 11.6 Å². The largest absolute Gasteiger partial charge is 0.305 e.